The molecule has 0 atom stereocenters. The molecule has 0 fully saturated rings. The molecule has 1 aromatic carbocycles. The molecule has 0 bridgehead atoms. The van der Waals surface area contributed by atoms with E-state index in [4.69, 9.17) is 11.6 Å². The highest BCUT2D eigenvalue weighted by molar-refractivity contribution is 6.67. The van der Waals surface area contributed by atoms with E-state index >= 15 is 0 Å². The fourth-order valence-corrected chi connectivity index (χ4v) is 2.05. The summed E-state index contributed by atoms with van der Waals surface area (Å²) in [7, 11) is 0. The standard InChI is InChI=1S/C15H15ClN2O2/c1-3-8-18-15(20)12(14(16)19)9-13(17-18)11-6-4-10(2)5-7-11/h4-7,9H,3,8H2,1-2H3. The summed E-state index contributed by atoms with van der Waals surface area (Å²) in [5.74, 6) is 0. The van der Waals surface area contributed by atoms with Crippen LogP contribution in [0.3, 0.4) is 0 Å². The second-order valence-corrected chi connectivity index (χ2v) is 4.95. The molecular weight excluding hydrogens is 276 g/mol. The minimum Gasteiger partial charge on any atom is -0.275 e. The van der Waals surface area contributed by atoms with Crippen molar-refractivity contribution >= 4 is 16.8 Å². The lowest BCUT2D eigenvalue weighted by Crippen LogP contribution is -2.27. The first-order valence-corrected chi connectivity index (χ1v) is 6.79. The van der Waals surface area contributed by atoms with Crippen LogP contribution < -0.4 is 5.56 Å². The zero-order chi connectivity index (χ0) is 14.7. The van der Waals surface area contributed by atoms with Gasteiger partial charge in [0.05, 0.1) is 5.69 Å². The molecule has 20 heavy (non-hydrogen) atoms. The molecule has 0 amide bonds. The van der Waals surface area contributed by atoms with Gasteiger partial charge >= 0.3 is 0 Å². The van der Waals surface area contributed by atoms with Gasteiger partial charge in [-0.25, -0.2) is 4.68 Å². The molecule has 1 aromatic heterocycles. The van der Waals surface area contributed by atoms with Crippen LogP contribution in [0, 0.1) is 6.92 Å². The number of nitrogens with zero attached hydrogens (tertiary/aromatic N) is 2. The van der Waals surface area contributed by atoms with Crippen molar-refractivity contribution in [3.05, 3.63) is 51.8 Å². The number of hydrogen-bond acceptors (Lipinski definition) is 3. The number of hydrogen-bond donors (Lipinski definition) is 0. The third kappa shape index (κ3) is 2.96. The van der Waals surface area contributed by atoms with Crippen LogP contribution in [0.1, 0.15) is 29.3 Å². The van der Waals surface area contributed by atoms with Crippen molar-refractivity contribution in [1.29, 1.82) is 0 Å². The van der Waals surface area contributed by atoms with E-state index in [0.29, 0.717) is 12.2 Å². The van der Waals surface area contributed by atoms with Crippen molar-refractivity contribution in [1.82, 2.24) is 9.78 Å². The molecule has 0 N–H and O–H groups in total. The lowest BCUT2D eigenvalue weighted by molar-refractivity contribution is 0.107. The van der Waals surface area contributed by atoms with Crippen LogP contribution in [-0.2, 0) is 6.54 Å². The van der Waals surface area contributed by atoms with E-state index in [1.807, 2.05) is 38.1 Å². The van der Waals surface area contributed by atoms with Crippen LogP contribution in [0.4, 0.5) is 0 Å². The van der Waals surface area contributed by atoms with Crippen LogP contribution in [-0.4, -0.2) is 15.0 Å². The van der Waals surface area contributed by atoms with Gasteiger partial charge in [0, 0.05) is 12.1 Å². The number of carbonyl (C=O) groups is 1. The van der Waals surface area contributed by atoms with Crippen molar-refractivity contribution in [3.63, 3.8) is 0 Å². The lowest BCUT2D eigenvalue weighted by atomic mass is 10.1. The van der Waals surface area contributed by atoms with Gasteiger partial charge in [0.15, 0.2) is 0 Å². The van der Waals surface area contributed by atoms with E-state index in [1.165, 1.54) is 10.7 Å². The van der Waals surface area contributed by atoms with Crippen LogP contribution in [0.15, 0.2) is 35.1 Å². The van der Waals surface area contributed by atoms with Crippen molar-refractivity contribution in [3.8, 4) is 11.3 Å². The molecule has 104 valence electrons. The average Bonchev–Trinajstić information content (AvgIpc) is 2.42. The summed E-state index contributed by atoms with van der Waals surface area (Å²) in [5, 5.41) is 3.54. The number of rotatable bonds is 4. The van der Waals surface area contributed by atoms with Gasteiger partial charge in [-0.1, -0.05) is 36.8 Å². The van der Waals surface area contributed by atoms with Gasteiger partial charge in [0.25, 0.3) is 10.8 Å². The third-order valence-corrected chi connectivity index (χ3v) is 3.17. The summed E-state index contributed by atoms with van der Waals surface area (Å²) in [6, 6.07) is 9.17. The first-order chi connectivity index (χ1) is 9.52. The second-order valence-electron chi connectivity index (χ2n) is 4.61. The van der Waals surface area contributed by atoms with Crippen LogP contribution >= 0.6 is 11.6 Å². The Hall–Kier alpha value is -1.94. The Balaban J connectivity index is 2.61. The van der Waals surface area contributed by atoms with Crippen LogP contribution in [0.5, 0.6) is 0 Å². The maximum atomic E-state index is 12.0. The Bertz CT molecular complexity index is 690. The number of halogens is 1. The smallest absolute Gasteiger partial charge is 0.275 e. The molecule has 2 rings (SSSR count). The minimum atomic E-state index is -0.754. The van der Waals surface area contributed by atoms with Crippen molar-refractivity contribution in [2.24, 2.45) is 0 Å². The summed E-state index contributed by atoms with van der Waals surface area (Å²) in [5.41, 5.74) is 2.07. The van der Waals surface area contributed by atoms with E-state index in [9.17, 15) is 9.59 Å². The quantitative estimate of drug-likeness (QED) is 0.813. The maximum Gasteiger partial charge on any atom is 0.278 e. The predicted octanol–water partition coefficient (Wildman–Crippen LogP) is 3.01. The zero-order valence-corrected chi connectivity index (χ0v) is 12.1. The van der Waals surface area contributed by atoms with Gasteiger partial charge < -0.3 is 0 Å². The average molecular weight is 291 g/mol. The van der Waals surface area contributed by atoms with Gasteiger partial charge in [-0.2, -0.15) is 5.10 Å². The van der Waals surface area contributed by atoms with Gasteiger partial charge in [0.2, 0.25) is 0 Å². The second kappa shape index (κ2) is 6.01. The first kappa shape index (κ1) is 14.5. The van der Waals surface area contributed by atoms with E-state index in [2.05, 4.69) is 5.10 Å². The largest absolute Gasteiger partial charge is 0.278 e. The Morgan fingerprint density at radius 1 is 1.30 bits per heavy atom. The molecule has 0 aliphatic heterocycles. The maximum absolute atomic E-state index is 12.0. The lowest BCUT2D eigenvalue weighted by Gasteiger charge is -2.08. The van der Waals surface area contributed by atoms with Crippen molar-refractivity contribution in [2.45, 2.75) is 26.8 Å². The molecule has 0 unspecified atom stereocenters. The number of aromatic nitrogens is 2. The topological polar surface area (TPSA) is 52.0 Å². The molecule has 1 heterocycles. The summed E-state index contributed by atoms with van der Waals surface area (Å²) in [4.78, 5) is 23.4. The van der Waals surface area contributed by atoms with Gasteiger partial charge in [-0.3, -0.25) is 9.59 Å². The molecule has 0 aliphatic rings. The Morgan fingerprint density at radius 3 is 2.50 bits per heavy atom. The zero-order valence-electron chi connectivity index (χ0n) is 11.4. The summed E-state index contributed by atoms with van der Waals surface area (Å²) >= 11 is 5.49. The highest BCUT2D eigenvalue weighted by Gasteiger charge is 2.14. The first-order valence-electron chi connectivity index (χ1n) is 6.42. The molecule has 0 aliphatic carbocycles. The van der Waals surface area contributed by atoms with Crippen molar-refractivity contribution in [2.75, 3.05) is 0 Å². The molecule has 2 aromatic rings. The summed E-state index contributed by atoms with van der Waals surface area (Å²) < 4.78 is 1.30. The van der Waals surface area contributed by atoms with E-state index in [-0.39, 0.29) is 5.56 Å². The number of aryl methyl sites for hydroxylation is 2. The third-order valence-electron chi connectivity index (χ3n) is 2.97. The Kier molecular flexibility index (Phi) is 4.35. The van der Waals surface area contributed by atoms with Gasteiger partial charge in [0.1, 0.15) is 5.56 Å². The SMILES string of the molecule is CCCn1nc(-c2ccc(C)cc2)cc(C(=O)Cl)c1=O. The van der Waals surface area contributed by atoms with E-state index in [1.54, 1.807) is 0 Å². The Morgan fingerprint density at radius 2 is 1.95 bits per heavy atom. The molecular formula is C15H15ClN2O2. The van der Waals surface area contributed by atoms with E-state index < -0.39 is 10.8 Å². The molecule has 0 radical (unpaired) electrons. The fraction of sp³-hybridized carbons (Fsp3) is 0.267. The molecule has 0 saturated heterocycles. The minimum absolute atomic E-state index is 0.0364. The number of benzene rings is 1. The fourth-order valence-electron chi connectivity index (χ4n) is 1.91. The van der Waals surface area contributed by atoms with Gasteiger partial charge in [-0.05, 0) is 31.0 Å². The van der Waals surface area contributed by atoms with Crippen molar-refractivity contribution < 1.29 is 4.79 Å². The predicted molar refractivity (Wildman–Crippen MR) is 79.1 cm³/mol. The molecule has 4 nitrogen and oxygen atoms in total. The van der Waals surface area contributed by atoms with Crippen LogP contribution in [0.2, 0.25) is 0 Å². The summed E-state index contributed by atoms with van der Waals surface area (Å²) in [6.45, 7) is 4.38. The highest BCUT2D eigenvalue weighted by atomic mass is 35.5. The van der Waals surface area contributed by atoms with Gasteiger partial charge in [-0.15, -0.1) is 0 Å². The normalized spacial score (nSPS) is 10.6. The molecule has 5 heteroatoms. The Labute approximate surface area is 122 Å². The monoisotopic (exact) mass is 290 g/mol. The van der Waals surface area contributed by atoms with E-state index in [0.717, 1.165) is 17.5 Å². The number of carbonyl (C=O) groups excluding carboxylic acids is 1. The summed E-state index contributed by atoms with van der Waals surface area (Å²) in [6.07, 6.45) is 0.750. The van der Waals surface area contributed by atoms with Crippen LogP contribution in [0.25, 0.3) is 11.3 Å². The highest BCUT2D eigenvalue weighted by Crippen LogP contribution is 2.17. The molecule has 0 saturated carbocycles. The molecule has 0 spiro atoms.